The zero-order chi connectivity index (χ0) is 15.9. The van der Waals surface area contributed by atoms with Gasteiger partial charge < -0.3 is 20.5 Å². The van der Waals surface area contributed by atoms with E-state index in [-0.39, 0.29) is 24.4 Å². The number of benzene rings is 1. The lowest BCUT2D eigenvalue weighted by Crippen LogP contribution is -2.35. The smallest absolute Gasteiger partial charge is 0.241 e. The fraction of sp³-hybridized carbons (Fsp3) is 0.562. The molecule has 3 N–H and O–H groups in total. The molecule has 2 rings (SSSR count). The summed E-state index contributed by atoms with van der Waals surface area (Å²) >= 11 is 6.01. The van der Waals surface area contributed by atoms with E-state index in [2.05, 4.69) is 5.32 Å². The number of anilines is 1. The molecule has 1 aliphatic heterocycles. The molecule has 2 unspecified atom stereocenters. The number of nitrogens with two attached hydrogens (primary N) is 1. The summed E-state index contributed by atoms with van der Waals surface area (Å²) in [5.41, 5.74) is 6.37. The van der Waals surface area contributed by atoms with Gasteiger partial charge in [0.05, 0.1) is 17.8 Å². The van der Waals surface area contributed by atoms with Crippen LogP contribution in [0.4, 0.5) is 5.69 Å². The summed E-state index contributed by atoms with van der Waals surface area (Å²) in [6.07, 6.45) is 3.66. The van der Waals surface area contributed by atoms with Gasteiger partial charge >= 0.3 is 0 Å². The van der Waals surface area contributed by atoms with Crippen LogP contribution in [-0.2, 0) is 9.53 Å². The van der Waals surface area contributed by atoms with Gasteiger partial charge in [-0.05, 0) is 37.5 Å². The summed E-state index contributed by atoms with van der Waals surface area (Å²) in [6, 6.07) is 4.62. The van der Waals surface area contributed by atoms with Crippen LogP contribution in [0.3, 0.4) is 0 Å². The SMILES string of the molecule is CCCC(N)C(=O)Nc1cc(Cl)ccc1OCC1CCCO1.Cl. The molecule has 0 aliphatic carbocycles. The third kappa shape index (κ3) is 6.18. The fourth-order valence-corrected chi connectivity index (χ4v) is 2.52. The molecule has 0 radical (unpaired) electrons. The Morgan fingerprint density at radius 3 is 3.00 bits per heavy atom. The summed E-state index contributed by atoms with van der Waals surface area (Å²) < 4.78 is 11.3. The van der Waals surface area contributed by atoms with E-state index in [1.54, 1.807) is 18.2 Å². The average Bonchev–Trinajstić information content (AvgIpc) is 3.00. The van der Waals surface area contributed by atoms with Crippen LogP contribution in [0.2, 0.25) is 5.02 Å². The summed E-state index contributed by atoms with van der Waals surface area (Å²) in [4.78, 5) is 12.1. The van der Waals surface area contributed by atoms with Crippen molar-refractivity contribution in [2.75, 3.05) is 18.5 Å². The molecule has 1 heterocycles. The minimum absolute atomic E-state index is 0. The number of carbonyl (C=O) groups is 1. The monoisotopic (exact) mass is 362 g/mol. The Kier molecular flexibility index (Phi) is 8.69. The molecule has 1 aromatic carbocycles. The first-order valence-electron chi connectivity index (χ1n) is 7.70. The highest BCUT2D eigenvalue weighted by atomic mass is 35.5. The predicted octanol–water partition coefficient (Wildman–Crippen LogP) is 3.39. The minimum atomic E-state index is -0.532. The highest BCUT2D eigenvalue weighted by molar-refractivity contribution is 6.31. The molecular formula is C16H24Cl2N2O3. The first-order chi connectivity index (χ1) is 10.6. The lowest BCUT2D eigenvalue weighted by molar-refractivity contribution is -0.117. The van der Waals surface area contributed by atoms with Crippen molar-refractivity contribution in [3.63, 3.8) is 0 Å². The van der Waals surface area contributed by atoms with E-state index < -0.39 is 6.04 Å². The average molecular weight is 363 g/mol. The number of carbonyl (C=O) groups excluding carboxylic acids is 1. The van der Waals surface area contributed by atoms with Crippen molar-refractivity contribution >= 4 is 35.6 Å². The van der Waals surface area contributed by atoms with Gasteiger partial charge in [-0.25, -0.2) is 0 Å². The van der Waals surface area contributed by atoms with E-state index >= 15 is 0 Å². The Morgan fingerprint density at radius 1 is 1.57 bits per heavy atom. The standard InChI is InChI=1S/C16H23ClN2O3.ClH/c1-2-4-13(18)16(20)19-14-9-11(17)6-7-15(14)22-10-12-5-3-8-21-12;/h6-7,9,12-13H,2-5,8,10,18H2,1H3,(H,19,20);1H. The first kappa shape index (κ1) is 20.0. The van der Waals surface area contributed by atoms with Crippen molar-refractivity contribution in [1.82, 2.24) is 0 Å². The van der Waals surface area contributed by atoms with E-state index in [0.29, 0.717) is 29.5 Å². The van der Waals surface area contributed by atoms with Crippen LogP contribution < -0.4 is 15.8 Å². The zero-order valence-corrected chi connectivity index (χ0v) is 14.8. The van der Waals surface area contributed by atoms with E-state index in [1.165, 1.54) is 0 Å². The maximum atomic E-state index is 12.1. The molecule has 0 aromatic heterocycles. The first-order valence-corrected chi connectivity index (χ1v) is 8.08. The second-order valence-corrected chi connectivity index (χ2v) is 5.91. The molecule has 1 aliphatic rings. The molecule has 1 fully saturated rings. The number of rotatable bonds is 7. The third-order valence-corrected chi connectivity index (χ3v) is 3.82. The van der Waals surface area contributed by atoms with Crippen LogP contribution >= 0.6 is 24.0 Å². The topological polar surface area (TPSA) is 73.6 Å². The van der Waals surface area contributed by atoms with Gasteiger partial charge in [-0.15, -0.1) is 12.4 Å². The lowest BCUT2D eigenvalue weighted by atomic mass is 10.1. The number of halogens is 2. The van der Waals surface area contributed by atoms with Gasteiger partial charge in [-0.2, -0.15) is 0 Å². The Morgan fingerprint density at radius 2 is 2.35 bits per heavy atom. The molecule has 23 heavy (non-hydrogen) atoms. The van der Waals surface area contributed by atoms with E-state index in [1.807, 2.05) is 6.92 Å². The van der Waals surface area contributed by atoms with Gasteiger partial charge in [0.2, 0.25) is 5.91 Å². The van der Waals surface area contributed by atoms with Crippen molar-refractivity contribution in [2.45, 2.75) is 44.8 Å². The molecule has 1 saturated heterocycles. The zero-order valence-electron chi connectivity index (χ0n) is 13.2. The van der Waals surface area contributed by atoms with E-state index in [0.717, 1.165) is 25.9 Å². The van der Waals surface area contributed by atoms with Crippen LogP contribution in [0.15, 0.2) is 18.2 Å². The maximum absolute atomic E-state index is 12.1. The van der Waals surface area contributed by atoms with Crippen molar-refractivity contribution < 1.29 is 14.3 Å². The Balaban J connectivity index is 0.00000264. The van der Waals surface area contributed by atoms with Gasteiger partial charge in [0, 0.05) is 11.6 Å². The number of hydrogen-bond donors (Lipinski definition) is 2. The van der Waals surface area contributed by atoms with Gasteiger partial charge in [0.15, 0.2) is 0 Å². The molecular weight excluding hydrogens is 339 g/mol. The second-order valence-electron chi connectivity index (χ2n) is 5.47. The molecule has 7 heteroatoms. The molecule has 0 bridgehead atoms. The summed E-state index contributed by atoms with van der Waals surface area (Å²) in [5, 5.41) is 3.33. The van der Waals surface area contributed by atoms with Crippen LogP contribution in [0, 0.1) is 0 Å². The largest absolute Gasteiger partial charge is 0.489 e. The predicted molar refractivity (Wildman–Crippen MR) is 94.7 cm³/mol. The van der Waals surface area contributed by atoms with E-state index in [4.69, 9.17) is 26.8 Å². The van der Waals surface area contributed by atoms with Crippen LogP contribution in [0.25, 0.3) is 0 Å². The molecule has 5 nitrogen and oxygen atoms in total. The molecule has 2 atom stereocenters. The van der Waals surface area contributed by atoms with Gasteiger partial charge in [0.1, 0.15) is 12.4 Å². The van der Waals surface area contributed by atoms with Gasteiger partial charge in [-0.3, -0.25) is 4.79 Å². The van der Waals surface area contributed by atoms with Crippen molar-refractivity contribution in [2.24, 2.45) is 5.73 Å². The van der Waals surface area contributed by atoms with Crippen molar-refractivity contribution in [3.05, 3.63) is 23.2 Å². The highest BCUT2D eigenvalue weighted by Gasteiger charge is 2.18. The van der Waals surface area contributed by atoms with Crippen LogP contribution in [-0.4, -0.2) is 31.3 Å². The number of amides is 1. The third-order valence-electron chi connectivity index (χ3n) is 3.58. The summed E-state index contributed by atoms with van der Waals surface area (Å²) in [7, 11) is 0. The van der Waals surface area contributed by atoms with Gasteiger partial charge in [-0.1, -0.05) is 24.9 Å². The molecule has 0 spiro atoms. The Labute approximate surface area is 148 Å². The summed E-state index contributed by atoms with van der Waals surface area (Å²) in [6.45, 7) is 3.23. The Bertz CT molecular complexity index is 508. The highest BCUT2D eigenvalue weighted by Crippen LogP contribution is 2.29. The minimum Gasteiger partial charge on any atom is -0.489 e. The van der Waals surface area contributed by atoms with Crippen LogP contribution in [0.1, 0.15) is 32.6 Å². The van der Waals surface area contributed by atoms with Crippen molar-refractivity contribution in [1.29, 1.82) is 0 Å². The summed E-state index contributed by atoms with van der Waals surface area (Å²) in [5.74, 6) is 0.350. The van der Waals surface area contributed by atoms with Crippen LogP contribution in [0.5, 0.6) is 5.75 Å². The number of ether oxygens (including phenoxy) is 2. The maximum Gasteiger partial charge on any atom is 0.241 e. The fourth-order valence-electron chi connectivity index (χ4n) is 2.35. The number of nitrogens with one attached hydrogen (secondary N) is 1. The van der Waals surface area contributed by atoms with Gasteiger partial charge in [0.25, 0.3) is 0 Å². The lowest BCUT2D eigenvalue weighted by Gasteiger charge is -2.17. The molecule has 130 valence electrons. The molecule has 0 saturated carbocycles. The second kappa shape index (κ2) is 9.98. The quantitative estimate of drug-likeness (QED) is 0.779. The Hall–Kier alpha value is -1.01. The molecule has 1 amide bonds. The normalized spacial score (nSPS) is 18.1. The molecule has 1 aromatic rings. The number of hydrogen-bond acceptors (Lipinski definition) is 4. The van der Waals surface area contributed by atoms with E-state index in [9.17, 15) is 4.79 Å². The van der Waals surface area contributed by atoms with Crippen molar-refractivity contribution in [3.8, 4) is 5.75 Å².